The van der Waals surface area contributed by atoms with Crippen LogP contribution in [0.4, 0.5) is 0 Å². The maximum Gasteiger partial charge on any atom is 0.0647 e. The van der Waals surface area contributed by atoms with Crippen molar-refractivity contribution in [1.82, 2.24) is 0 Å². The first-order valence-electron chi connectivity index (χ1n) is 7.84. The minimum absolute atomic E-state index is 0.0924. The molecular weight excluding hydrogens is 224 g/mol. The van der Waals surface area contributed by atoms with Crippen LogP contribution < -0.4 is 0 Å². The predicted octanol–water partition coefficient (Wildman–Crippen LogP) is 2.99. The number of hydrogen-bond donors (Lipinski definition) is 1. The number of aliphatic hydroxyl groups is 1. The van der Waals surface area contributed by atoms with Crippen molar-refractivity contribution in [3.8, 4) is 0 Å². The summed E-state index contributed by atoms with van der Waals surface area (Å²) in [5.41, 5.74) is 0.807. The van der Waals surface area contributed by atoms with E-state index in [1.165, 1.54) is 38.5 Å². The van der Waals surface area contributed by atoms with E-state index >= 15 is 0 Å². The van der Waals surface area contributed by atoms with Crippen molar-refractivity contribution in [3.63, 3.8) is 0 Å². The van der Waals surface area contributed by atoms with Crippen molar-refractivity contribution in [2.24, 2.45) is 28.6 Å². The second-order valence-electron chi connectivity index (χ2n) is 8.20. The third-order valence-corrected chi connectivity index (χ3v) is 6.44. The summed E-state index contributed by atoms with van der Waals surface area (Å²) in [6.45, 7) is 4.15. The molecule has 4 unspecified atom stereocenters. The summed E-state index contributed by atoms with van der Waals surface area (Å²) >= 11 is 0. The van der Waals surface area contributed by atoms with E-state index in [1.54, 1.807) is 0 Å². The van der Waals surface area contributed by atoms with Crippen LogP contribution in [0.1, 0.15) is 51.9 Å². The van der Waals surface area contributed by atoms with Gasteiger partial charge in [0.25, 0.3) is 0 Å². The summed E-state index contributed by atoms with van der Waals surface area (Å²) in [6, 6.07) is 0. The molecule has 4 aliphatic carbocycles. The van der Waals surface area contributed by atoms with E-state index in [1.807, 2.05) is 0 Å². The second-order valence-corrected chi connectivity index (χ2v) is 8.20. The monoisotopic (exact) mass is 250 g/mol. The molecule has 4 bridgehead atoms. The first-order chi connectivity index (χ1) is 8.59. The highest BCUT2D eigenvalue weighted by Crippen LogP contribution is 2.66. The standard InChI is InChI=1S/C16H26O2/c1-15-5-11-4-12(6-15)8-16(7-11,10-15)14(17)13-2-3-18-9-13/h11-14,17H,2-10H2,1H3. The van der Waals surface area contributed by atoms with E-state index in [-0.39, 0.29) is 11.5 Å². The van der Waals surface area contributed by atoms with Gasteiger partial charge in [-0.1, -0.05) is 6.92 Å². The average Bonchev–Trinajstić information content (AvgIpc) is 2.77. The molecule has 0 aromatic carbocycles. The number of hydrogen-bond acceptors (Lipinski definition) is 2. The van der Waals surface area contributed by atoms with Crippen molar-refractivity contribution in [1.29, 1.82) is 0 Å². The lowest BCUT2D eigenvalue weighted by atomic mass is 9.43. The van der Waals surface area contributed by atoms with Gasteiger partial charge in [0.05, 0.1) is 12.7 Å². The molecule has 1 saturated heterocycles. The largest absolute Gasteiger partial charge is 0.392 e. The van der Waals surface area contributed by atoms with Gasteiger partial charge in [0.2, 0.25) is 0 Å². The quantitative estimate of drug-likeness (QED) is 0.816. The fraction of sp³-hybridized carbons (Fsp3) is 1.00. The molecule has 1 aliphatic heterocycles. The summed E-state index contributed by atoms with van der Waals surface area (Å²) in [5.74, 6) is 2.24. The maximum atomic E-state index is 10.9. The highest BCUT2D eigenvalue weighted by molar-refractivity contribution is 5.09. The fourth-order valence-electron chi connectivity index (χ4n) is 6.45. The molecular formula is C16H26O2. The molecule has 2 nitrogen and oxygen atoms in total. The summed E-state index contributed by atoms with van der Waals surface area (Å²) in [6.07, 6.45) is 9.18. The molecule has 18 heavy (non-hydrogen) atoms. The van der Waals surface area contributed by atoms with E-state index < -0.39 is 0 Å². The molecule has 0 aromatic heterocycles. The van der Waals surface area contributed by atoms with Gasteiger partial charge in [0.1, 0.15) is 0 Å². The molecule has 2 heteroatoms. The van der Waals surface area contributed by atoms with Gasteiger partial charge in [-0.3, -0.25) is 0 Å². The Hall–Kier alpha value is -0.0800. The Labute approximate surface area is 110 Å². The van der Waals surface area contributed by atoms with Crippen molar-refractivity contribution >= 4 is 0 Å². The van der Waals surface area contributed by atoms with Gasteiger partial charge in [-0.05, 0) is 67.6 Å². The molecule has 5 fully saturated rings. The SMILES string of the molecule is CC12CC3CC(C1)CC(C(O)C1CCOC1)(C3)C2. The smallest absolute Gasteiger partial charge is 0.0647 e. The van der Waals surface area contributed by atoms with Crippen molar-refractivity contribution in [3.05, 3.63) is 0 Å². The maximum absolute atomic E-state index is 10.9. The normalized spacial score (nSPS) is 56.0. The lowest BCUT2D eigenvalue weighted by Crippen LogP contribution is -2.56. The van der Waals surface area contributed by atoms with Crippen LogP contribution in [0.25, 0.3) is 0 Å². The third kappa shape index (κ3) is 1.61. The van der Waals surface area contributed by atoms with Gasteiger partial charge in [0, 0.05) is 12.5 Å². The van der Waals surface area contributed by atoms with E-state index in [0.717, 1.165) is 31.5 Å². The van der Waals surface area contributed by atoms with Gasteiger partial charge in [-0.2, -0.15) is 0 Å². The summed E-state index contributed by atoms with van der Waals surface area (Å²) in [4.78, 5) is 0. The van der Waals surface area contributed by atoms with Crippen LogP contribution in [0.5, 0.6) is 0 Å². The minimum atomic E-state index is -0.0924. The molecule has 0 spiro atoms. The molecule has 0 amide bonds. The Morgan fingerprint density at radius 2 is 1.89 bits per heavy atom. The zero-order valence-corrected chi connectivity index (χ0v) is 11.5. The van der Waals surface area contributed by atoms with Crippen molar-refractivity contribution < 1.29 is 9.84 Å². The van der Waals surface area contributed by atoms with Crippen molar-refractivity contribution in [2.45, 2.75) is 58.0 Å². The van der Waals surface area contributed by atoms with Crippen molar-refractivity contribution in [2.75, 3.05) is 13.2 Å². The van der Waals surface area contributed by atoms with Gasteiger partial charge in [0.15, 0.2) is 0 Å². The zero-order valence-electron chi connectivity index (χ0n) is 11.5. The van der Waals surface area contributed by atoms with Crippen LogP contribution in [0.15, 0.2) is 0 Å². The van der Waals surface area contributed by atoms with Crippen LogP contribution in [0.2, 0.25) is 0 Å². The van der Waals surface area contributed by atoms with Gasteiger partial charge >= 0.3 is 0 Å². The van der Waals surface area contributed by atoms with Gasteiger partial charge in [-0.25, -0.2) is 0 Å². The highest BCUT2D eigenvalue weighted by Gasteiger charge is 2.59. The molecule has 5 rings (SSSR count). The minimum Gasteiger partial charge on any atom is -0.392 e. The van der Waals surface area contributed by atoms with E-state index in [0.29, 0.717) is 11.3 Å². The average molecular weight is 250 g/mol. The summed E-state index contributed by atoms with van der Waals surface area (Å²) < 4.78 is 5.51. The Bertz CT molecular complexity index is 331. The number of aliphatic hydroxyl groups excluding tert-OH is 1. The molecule has 1 heterocycles. The molecule has 1 N–H and O–H groups in total. The Morgan fingerprint density at radius 3 is 2.44 bits per heavy atom. The Morgan fingerprint density at radius 1 is 1.17 bits per heavy atom. The van der Waals surface area contributed by atoms with Gasteiger partial charge in [-0.15, -0.1) is 0 Å². The van der Waals surface area contributed by atoms with Crippen LogP contribution >= 0.6 is 0 Å². The zero-order chi connectivity index (χ0) is 12.4. The molecule has 5 aliphatic rings. The third-order valence-electron chi connectivity index (χ3n) is 6.44. The molecule has 102 valence electrons. The Balaban J connectivity index is 1.62. The summed E-state index contributed by atoms with van der Waals surface area (Å²) in [7, 11) is 0. The fourth-order valence-corrected chi connectivity index (χ4v) is 6.45. The lowest BCUT2D eigenvalue weighted by Gasteiger charge is -2.63. The first kappa shape index (κ1) is 11.7. The second kappa shape index (κ2) is 3.73. The van der Waals surface area contributed by atoms with E-state index in [2.05, 4.69) is 6.92 Å². The predicted molar refractivity (Wildman–Crippen MR) is 70.2 cm³/mol. The number of rotatable bonds is 2. The van der Waals surface area contributed by atoms with E-state index in [9.17, 15) is 5.11 Å². The summed E-state index contributed by atoms with van der Waals surface area (Å²) in [5, 5.41) is 10.9. The molecule has 4 saturated carbocycles. The van der Waals surface area contributed by atoms with Crippen LogP contribution in [-0.4, -0.2) is 24.4 Å². The molecule has 4 atom stereocenters. The van der Waals surface area contributed by atoms with Crippen LogP contribution in [-0.2, 0) is 4.74 Å². The molecule has 0 aromatic rings. The van der Waals surface area contributed by atoms with E-state index in [4.69, 9.17) is 4.74 Å². The topological polar surface area (TPSA) is 29.5 Å². The first-order valence-corrected chi connectivity index (χ1v) is 7.84. The number of ether oxygens (including phenoxy) is 1. The highest BCUT2D eigenvalue weighted by atomic mass is 16.5. The van der Waals surface area contributed by atoms with Crippen LogP contribution in [0.3, 0.4) is 0 Å². The lowest BCUT2D eigenvalue weighted by molar-refractivity contribution is -0.166. The van der Waals surface area contributed by atoms with Crippen LogP contribution in [0, 0.1) is 28.6 Å². The Kier molecular flexibility index (Phi) is 2.43. The van der Waals surface area contributed by atoms with Gasteiger partial charge < -0.3 is 9.84 Å². The molecule has 0 radical (unpaired) electrons.